The second-order valence-corrected chi connectivity index (χ2v) is 8.82. The molecule has 2 heterocycles. The van der Waals surface area contributed by atoms with Crippen LogP contribution in [0.15, 0.2) is 18.2 Å². The number of amides is 1. The van der Waals surface area contributed by atoms with Crippen LogP contribution in [0.2, 0.25) is 0 Å². The molecule has 0 aliphatic carbocycles. The van der Waals surface area contributed by atoms with Crippen molar-refractivity contribution in [3.63, 3.8) is 0 Å². The van der Waals surface area contributed by atoms with Crippen LogP contribution in [0.1, 0.15) is 22.3 Å². The first kappa shape index (κ1) is 17.2. The fourth-order valence-electron chi connectivity index (χ4n) is 3.51. The number of methoxy groups -OCH3 is 1. The molecule has 7 heteroatoms. The van der Waals surface area contributed by atoms with Gasteiger partial charge in [-0.25, -0.2) is 8.42 Å². The van der Waals surface area contributed by atoms with Crippen molar-refractivity contribution in [1.29, 1.82) is 0 Å². The summed E-state index contributed by atoms with van der Waals surface area (Å²) in [7, 11) is -1.30. The monoisotopic (exact) mass is 352 g/mol. The number of benzene rings is 1. The highest BCUT2D eigenvalue weighted by Crippen LogP contribution is 2.23. The topological polar surface area (TPSA) is 66.9 Å². The van der Waals surface area contributed by atoms with Gasteiger partial charge < -0.3 is 9.64 Å². The van der Waals surface area contributed by atoms with E-state index in [0.29, 0.717) is 30.8 Å². The third-order valence-corrected chi connectivity index (χ3v) is 6.66. The van der Waals surface area contributed by atoms with Crippen LogP contribution in [-0.2, 0) is 9.84 Å². The van der Waals surface area contributed by atoms with Gasteiger partial charge >= 0.3 is 0 Å². The molecule has 1 aromatic carbocycles. The second-order valence-electron chi connectivity index (χ2n) is 6.59. The maximum atomic E-state index is 12.8. The van der Waals surface area contributed by atoms with Gasteiger partial charge in [0.15, 0.2) is 9.84 Å². The lowest BCUT2D eigenvalue weighted by Gasteiger charge is -2.37. The zero-order chi connectivity index (χ0) is 17.3. The quantitative estimate of drug-likeness (QED) is 0.810. The van der Waals surface area contributed by atoms with Crippen LogP contribution < -0.4 is 4.74 Å². The zero-order valence-corrected chi connectivity index (χ0v) is 15.0. The van der Waals surface area contributed by atoms with E-state index >= 15 is 0 Å². The van der Waals surface area contributed by atoms with E-state index in [1.54, 1.807) is 7.11 Å². The maximum absolute atomic E-state index is 12.8. The number of hydrogen-bond donors (Lipinski definition) is 0. The summed E-state index contributed by atoms with van der Waals surface area (Å²) in [5, 5.41) is 0. The minimum atomic E-state index is -2.87. The summed E-state index contributed by atoms with van der Waals surface area (Å²) in [4.78, 5) is 16.8. The van der Waals surface area contributed by atoms with Crippen LogP contribution in [0.3, 0.4) is 0 Å². The first-order valence-electron chi connectivity index (χ1n) is 8.28. The Balaban J connectivity index is 1.65. The van der Waals surface area contributed by atoms with Gasteiger partial charge in [0, 0.05) is 32.2 Å². The van der Waals surface area contributed by atoms with Crippen molar-refractivity contribution in [2.75, 3.05) is 44.8 Å². The molecule has 132 valence electrons. The Morgan fingerprint density at radius 3 is 2.50 bits per heavy atom. The number of carbonyl (C=O) groups is 1. The van der Waals surface area contributed by atoms with Crippen LogP contribution in [0.25, 0.3) is 0 Å². The standard InChI is InChI=1S/C17H24N2O4S/c1-13-3-4-16(23-2)15(11-13)17(20)19-8-6-18(7-9-19)14-5-10-24(21,22)12-14/h3-4,11,14H,5-10,12H2,1-2H3/t14-/m1/s1. The Morgan fingerprint density at radius 2 is 1.92 bits per heavy atom. The molecule has 0 aromatic heterocycles. The van der Waals surface area contributed by atoms with E-state index in [0.717, 1.165) is 18.7 Å². The Labute approximate surface area is 143 Å². The van der Waals surface area contributed by atoms with Crippen LogP contribution in [0.4, 0.5) is 0 Å². The van der Waals surface area contributed by atoms with Crippen LogP contribution in [0.5, 0.6) is 5.75 Å². The Kier molecular flexibility index (Phi) is 4.83. The number of sulfone groups is 1. The van der Waals surface area contributed by atoms with E-state index < -0.39 is 9.84 Å². The molecule has 2 fully saturated rings. The van der Waals surface area contributed by atoms with Gasteiger partial charge in [-0.1, -0.05) is 11.6 Å². The predicted octanol–water partition coefficient (Wildman–Crippen LogP) is 0.949. The number of carbonyl (C=O) groups excluding carboxylic acids is 1. The molecule has 2 saturated heterocycles. The number of hydrogen-bond acceptors (Lipinski definition) is 5. The van der Waals surface area contributed by atoms with Gasteiger partial charge in [0.2, 0.25) is 0 Å². The molecule has 0 saturated carbocycles. The molecule has 0 bridgehead atoms. The van der Waals surface area contributed by atoms with Gasteiger partial charge in [0.05, 0.1) is 24.2 Å². The largest absolute Gasteiger partial charge is 0.496 e. The van der Waals surface area contributed by atoms with E-state index in [4.69, 9.17) is 4.74 Å². The van der Waals surface area contributed by atoms with Crippen molar-refractivity contribution in [3.8, 4) is 5.75 Å². The van der Waals surface area contributed by atoms with E-state index in [-0.39, 0.29) is 23.5 Å². The third kappa shape index (κ3) is 3.57. The highest BCUT2D eigenvalue weighted by molar-refractivity contribution is 7.91. The lowest BCUT2D eigenvalue weighted by Crippen LogP contribution is -2.52. The van der Waals surface area contributed by atoms with Gasteiger partial charge in [0.25, 0.3) is 5.91 Å². The molecule has 0 N–H and O–H groups in total. The van der Waals surface area contributed by atoms with Crippen molar-refractivity contribution < 1.29 is 17.9 Å². The molecule has 1 aromatic rings. The molecule has 1 atom stereocenters. The van der Waals surface area contributed by atoms with Gasteiger partial charge in [-0.15, -0.1) is 0 Å². The molecule has 0 radical (unpaired) electrons. The first-order chi connectivity index (χ1) is 11.4. The lowest BCUT2D eigenvalue weighted by atomic mass is 10.1. The van der Waals surface area contributed by atoms with Gasteiger partial charge in [-0.2, -0.15) is 0 Å². The Morgan fingerprint density at radius 1 is 1.21 bits per heavy atom. The molecule has 3 rings (SSSR count). The summed E-state index contributed by atoms with van der Waals surface area (Å²) in [5.74, 6) is 1.12. The number of piperazine rings is 1. The summed E-state index contributed by atoms with van der Waals surface area (Å²) in [6.07, 6.45) is 0.710. The molecule has 0 spiro atoms. The number of ether oxygens (including phenoxy) is 1. The summed E-state index contributed by atoms with van der Waals surface area (Å²) in [5.41, 5.74) is 1.61. The molecular formula is C17H24N2O4S. The summed E-state index contributed by atoms with van der Waals surface area (Å²) < 4.78 is 28.6. The highest BCUT2D eigenvalue weighted by atomic mass is 32.2. The lowest BCUT2D eigenvalue weighted by molar-refractivity contribution is 0.0584. The Bertz CT molecular complexity index is 724. The fraction of sp³-hybridized carbons (Fsp3) is 0.588. The Hall–Kier alpha value is -1.60. The van der Waals surface area contributed by atoms with Crippen molar-refractivity contribution in [1.82, 2.24) is 9.80 Å². The minimum absolute atomic E-state index is 0.0192. The summed E-state index contributed by atoms with van der Waals surface area (Å²) in [6, 6.07) is 5.72. The molecule has 2 aliphatic rings. The van der Waals surface area contributed by atoms with Gasteiger partial charge in [-0.3, -0.25) is 9.69 Å². The maximum Gasteiger partial charge on any atom is 0.257 e. The molecular weight excluding hydrogens is 328 g/mol. The molecule has 0 unspecified atom stereocenters. The van der Waals surface area contributed by atoms with E-state index in [2.05, 4.69) is 4.90 Å². The normalized spacial score (nSPS) is 24.1. The number of nitrogens with zero attached hydrogens (tertiary/aromatic N) is 2. The molecule has 1 amide bonds. The molecule has 24 heavy (non-hydrogen) atoms. The average Bonchev–Trinajstić information content (AvgIpc) is 2.94. The molecule has 2 aliphatic heterocycles. The second kappa shape index (κ2) is 6.72. The average molecular weight is 352 g/mol. The SMILES string of the molecule is COc1ccc(C)cc1C(=O)N1CCN([C@@H]2CCS(=O)(=O)C2)CC1. The van der Waals surface area contributed by atoms with E-state index in [9.17, 15) is 13.2 Å². The van der Waals surface area contributed by atoms with E-state index in [1.165, 1.54) is 0 Å². The van der Waals surface area contributed by atoms with Crippen molar-refractivity contribution in [3.05, 3.63) is 29.3 Å². The zero-order valence-electron chi connectivity index (χ0n) is 14.2. The minimum Gasteiger partial charge on any atom is -0.496 e. The first-order valence-corrected chi connectivity index (χ1v) is 10.1. The van der Waals surface area contributed by atoms with Crippen LogP contribution in [-0.4, -0.2) is 75.0 Å². The highest BCUT2D eigenvalue weighted by Gasteiger charge is 2.34. The summed E-state index contributed by atoms with van der Waals surface area (Å²) in [6.45, 7) is 4.63. The predicted molar refractivity (Wildman–Crippen MR) is 92.3 cm³/mol. The van der Waals surface area contributed by atoms with Crippen molar-refractivity contribution >= 4 is 15.7 Å². The molecule has 6 nitrogen and oxygen atoms in total. The van der Waals surface area contributed by atoms with Crippen LogP contribution in [0, 0.1) is 6.92 Å². The number of rotatable bonds is 3. The number of aryl methyl sites for hydroxylation is 1. The fourth-order valence-corrected chi connectivity index (χ4v) is 5.27. The van der Waals surface area contributed by atoms with E-state index in [1.807, 2.05) is 30.0 Å². The summed E-state index contributed by atoms with van der Waals surface area (Å²) >= 11 is 0. The van der Waals surface area contributed by atoms with Gasteiger partial charge in [0.1, 0.15) is 5.75 Å². The van der Waals surface area contributed by atoms with Crippen molar-refractivity contribution in [2.45, 2.75) is 19.4 Å². The third-order valence-electron chi connectivity index (χ3n) is 4.91. The smallest absolute Gasteiger partial charge is 0.257 e. The van der Waals surface area contributed by atoms with Crippen LogP contribution >= 0.6 is 0 Å². The van der Waals surface area contributed by atoms with Crippen molar-refractivity contribution in [2.24, 2.45) is 0 Å². The van der Waals surface area contributed by atoms with Gasteiger partial charge in [-0.05, 0) is 25.5 Å².